The number of benzene rings is 1. The third kappa shape index (κ3) is 4.51. The quantitative estimate of drug-likeness (QED) is 0.160. The second-order valence-electron chi connectivity index (χ2n) is 19.5. The zero-order valence-corrected chi connectivity index (χ0v) is 33.4. The number of thiophene rings is 1. The van der Waals surface area contributed by atoms with E-state index in [-0.39, 0.29) is 47.0 Å². The minimum atomic E-state index is -1.34. The van der Waals surface area contributed by atoms with E-state index in [9.17, 15) is 28.6 Å². The zero-order valence-electron chi connectivity index (χ0n) is 32.6. The predicted octanol–water partition coefficient (Wildman–Crippen LogP) is 7.99. The molecule has 2 aromatic rings. The fraction of sp³-hybridized carbons (Fsp3) is 0.622. The number of ketones is 1. The maximum absolute atomic E-state index is 15.1. The Balaban J connectivity index is 1.12. The maximum atomic E-state index is 15.1. The summed E-state index contributed by atoms with van der Waals surface area (Å²) in [6.07, 6.45) is 11.8. The van der Waals surface area contributed by atoms with Crippen LogP contribution in [-0.2, 0) is 20.7 Å². The molecule has 1 unspecified atom stereocenters. The van der Waals surface area contributed by atoms with E-state index in [1.807, 2.05) is 38.3 Å². The van der Waals surface area contributed by atoms with Crippen LogP contribution in [0.1, 0.15) is 108 Å². The number of esters is 1. The summed E-state index contributed by atoms with van der Waals surface area (Å²) in [7, 11) is 0. The van der Waals surface area contributed by atoms with Crippen LogP contribution in [0.3, 0.4) is 0 Å². The van der Waals surface area contributed by atoms with Gasteiger partial charge >= 0.3 is 5.97 Å². The van der Waals surface area contributed by atoms with Crippen LogP contribution in [0.2, 0.25) is 0 Å². The number of fused-ring (bicyclic) bond motifs is 3. The number of Topliss-reactive ketones (excluding diaryl/α,β-unsaturated/α-hetero) is 1. The standard InChI is InChI=1S/C45H53F2NO6S/c1-38(2)41(5)17-20-45(38,54-37(41)52)36(51)48(21-13-29-7-6-22-55-29)26-43(53)16-12-34-40(43,4)15-11-33-39(3)14-10-28(49)24-42(39)18-19-44(33,34)30(25-42)35(50)27-8-9-31(46)32(47)23-27/h6-9,18-19,22-23,25,28,33-34,49,53H,10-17,20-21,24,26H2,1-5H3/t28?,33-,34-,39-,40+,41+,42+,43-,44-,45-/m1/s1. The van der Waals surface area contributed by atoms with Gasteiger partial charge in [-0.2, -0.15) is 0 Å². The highest BCUT2D eigenvalue weighted by atomic mass is 32.1. The molecule has 1 amide bonds. The van der Waals surface area contributed by atoms with Crippen molar-refractivity contribution in [3.63, 3.8) is 0 Å². The zero-order chi connectivity index (χ0) is 39.2. The molecule has 4 saturated carbocycles. The summed E-state index contributed by atoms with van der Waals surface area (Å²) in [5, 5.41) is 26.3. The molecular formula is C45H53F2NO6S. The lowest BCUT2D eigenvalue weighted by molar-refractivity contribution is -0.187. The van der Waals surface area contributed by atoms with Crippen molar-refractivity contribution in [2.75, 3.05) is 13.1 Å². The van der Waals surface area contributed by atoms with Gasteiger partial charge in [-0.3, -0.25) is 14.4 Å². The highest BCUT2D eigenvalue weighted by Gasteiger charge is 2.78. The van der Waals surface area contributed by atoms with E-state index >= 15 is 4.79 Å². The van der Waals surface area contributed by atoms with Crippen LogP contribution in [0, 0.1) is 56.0 Å². The minimum absolute atomic E-state index is 0.0116. The lowest BCUT2D eigenvalue weighted by Gasteiger charge is -2.71. The first-order valence-electron chi connectivity index (χ1n) is 20.2. The van der Waals surface area contributed by atoms with E-state index < -0.39 is 56.0 Å². The van der Waals surface area contributed by atoms with Gasteiger partial charge < -0.3 is 19.8 Å². The summed E-state index contributed by atoms with van der Waals surface area (Å²) in [6.45, 7) is 10.7. The molecule has 7 nitrogen and oxygen atoms in total. The lowest BCUT2D eigenvalue weighted by atomic mass is 9.32. The molecule has 1 aromatic carbocycles. The molecule has 2 spiro atoms. The first-order valence-corrected chi connectivity index (χ1v) is 21.1. The monoisotopic (exact) mass is 773 g/mol. The van der Waals surface area contributed by atoms with Gasteiger partial charge in [0, 0.05) is 44.2 Å². The number of ether oxygens (including phenoxy) is 1. The second-order valence-corrected chi connectivity index (χ2v) is 20.5. The minimum Gasteiger partial charge on any atom is -0.448 e. The van der Waals surface area contributed by atoms with Crippen LogP contribution in [0.5, 0.6) is 0 Å². The number of hydrogen-bond acceptors (Lipinski definition) is 7. The number of halogens is 2. The van der Waals surface area contributed by atoms with E-state index in [4.69, 9.17) is 4.74 Å². The number of aliphatic hydroxyl groups excluding tert-OH is 1. The van der Waals surface area contributed by atoms with Gasteiger partial charge in [0.15, 0.2) is 23.0 Å². The van der Waals surface area contributed by atoms with E-state index in [1.165, 1.54) is 6.07 Å². The summed E-state index contributed by atoms with van der Waals surface area (Å²) in [4.78, 5) is 46.1. The van der Waals surface area contributed by atoms with Crippen molar-refractivity contribution in [2.24, 2.45) is 44.3 Å². The number of nitrogens with zero attached hydrogens (tertiary/aromatic N) is 1. The molecule has 5 fully saturated rings. The van der Waals surface area contributed by atoms with Gasteiger partial charge in [0.1, 0.15) is 0 Å². The number of hydrogen-bond donors (Lipinski definition) is 2. The van der Waals surface area contributed by atoms with Crippen molar-refractivity contribution in [3.05, 3.63) is 81.6 Å². The van der Waals surface area contributed by atoms with Crippen LogP contribution in [-0.4, -0.2) is 63.2 Å². The Morgan fingerprint density at radius 3 is 2.33 bits per heavy atom. The molecule has 2 heterocycles. The molecule has 1 aliphatic heterocycles. The number of amides is 1. The first kappa shape index (κ1) is 37.4. The van der Waals surface area contributed by atoms with Gasteiger partial charge in [-0.1, -0.05) is 52.0 Å². The van der Waals surface area contributed by atoms with Crippen molar-refractivity contribution in [1.82, 2.24) is 4.90 Å². The van der Waals surface area contributed by atoms with E-state index in [1.54, 1.807) is 16.2 Å². The average molecular weight is 774 g/mol. The van der Waals surface area contributed by atoms with E-state index in [2.05, 4.69) is 32.1 Å². The highest BCUT2D eigenvalue weighted by molar-refractivity contribution is 7.09. The van der Waals surface area contributed by atoms with Crippen LogP contribution in [0.4, 0.5) is 8.78 Å². The molecule has 10 rings (SSSR count). The van der Waals surface area contributed by atoms with Crippen molar-refractivity contribution in [2.45, 2.75) is 116 Å². The highest BCUT2D eigenvalue weighted by Crippen LogP contribution is 2.78. The Morgan fingerprint density at radius 2 is 1.65 bits per heavy atom. The fourth-order valence-corrected chi connectivity index (χ4v) is 14.3. The molecule has 0 radical (unpaired) electrons. The van der Waals surface area contributed by atoms with Crippen molar-refractivity contribution >= 4 is 29.0 Å². The molecule has 10 heteroatoms. The molecule has 294 valence electrons. The fourth-order valence-electron chi connectivity index (χ4n) is 13.6. The summed E-state index contributed by atoms with van der Waals surface area (Å²) >= 11 is 1.62. The van der Waals surface area contributed by atoms with Gasteiger partial charge in [-0.25, -0.2) is 8.78 Å². The predicted molar refractivity (Wildman–Crippen MR) is 204 cm³/mol. The van der Waals surface area contributed by atoms with Crippen molar-refractivity contribution in [1.29, 1.82) is 0 Å². The van der Waals surface area contributed by atoms with Crippen LogP contribution in [0.25, 0.3) is 0 Å². The molecule has 7 aliphatic carbocycles. The number of allylic oxidation sites excluding steroid dienone is 4. The lowest BCUT2D eigenvalue weighted by Crippen LogP contribution is -2.68. The molecule has 1 aromatic heterocycles. The number of aliphatic hydroxyl groups is 2. The Kier molecular flexibility index (Phi) is 7.94. The molecule has 2 N–H and O–H groups in total. The van der Waals surface area contributed by atoms with Gasteiger partial charge in [0.05, 0.1) is 23.7 Å². The summed E-state index contributed by atoms with van der Waals surface area (Å²) in [5.41, 5.74) is -5.96. The molecule has 55 heavy (non-hydrogen) atoms. The van der Waals surface area contributed by atoms with Gasteiger partial charge in [-0.05, 0) is 118 Å². The number of carbonyl (C=O) groups excluding carboxylic acids is 3. The largest absolute Gasteiger partial charge is 0.448 e. The molecular weight excluding hydrogens is 721 g/mol. The Bertz CT molecular complexity index is 2060. The number of rotatable bonds is 8. The van der Waals surface area contributed by atoms with Crippen LogP contribution >= 0.6 is 11.3 Å². The normalized spacial score (nSPS) is 43.0. The molecule has 1 saturated heterocycles. The SMILES string of the molecule is CC1(C)[C@@]2(C)CC[C@]1(C(=O)N(CCc1cccs1)C[C@]1(O)CC[C@H]3[C@]45C=C[C@@]6(C=C4C(=O)c4ccc(F)c(F)c4)CC(O)CC[C@]6(C)[C@H]5CC[C@@]31C)OC2=O. The van der Waals surface area contributed by atoms with Crippen molar-refractivity contribution in [3.8, 4) is 0 Å². The van der Waals surface area contributed by atoms with Crippen LogP contribution in [0.15, 0.2) is 59.5 Å². The smallest absolute Gasteiger partial charge is 0.313 e. The Hall–Kier alpha value is -3.21. The summed E-state index contributed by atoms with van der Waals surface area (Å²) in [5.74, 6) is -3.24. The van der Waals surface area contributed by atoms with Crippen LogP contribution < -0.4 is 0 Å². The first-order chi connectivity index (χ1) is 25.8. The third-order valence-electron chi connectivity index (χ3n) is 17.5. The third-order valence-corrected chi connectivity index (χ3v) is 18.5. The summed E-state index contributed by atoms with van der Waals surface area (Å²) < 4.78 is 35.0. The van der Waals surface area contributed by atoms with Crippen molar-refractivity contribution < 1.29 is 38.1 Å². The van der Waals surface area contributed by atoms with Gasteiger partial charge in [0.25, 0.3) is 5.91 Å². The van der Waals surface area contributed by atoms with Gasteiger partial charge in [-0.15, -0.1) is 11.3 Å². The molecule has 4 bridgehead atoms. The maximum Gasteiger partial charge on any atom is 0.313 e. The Morgan fingerprint density at radius 1 is 0.927 bits per heavy atom. The Labute approximate surface area is 326 Å². The second kappa shape index (κ2) is 11.7. The average Bonchev–Trinajstić information content (AvgIpc) is 3.85. The molecule has 10 atom stereocenters. The van der Waals surface area contributed by atoms with E-state index in [0.29, 0.717) is 69.9 Å². The number of carbonyl (C=O) groups is 3. The van der Waals surface area contributed by atoms with Gasteiger partial charge in [0.2, 0.25) is 0 Å². The van der Waals surface area contributed by atoms with E-state index in [0.717, 1.165) is 23.4 Å². The topological polar surface area (TPSA) is 104 Å². The summed E-state index contributed by atoms with van der Waals surface area (Å²) in [6, 6.07) is 7.36. The molecule has 8 aliphatic rings.